The maximum absolute atomic E-state index is 12.4. The van der Waals surface area contributed by atoms with Crippen molar-refractivity contribution in [2.45, 2.75) is 23.7 Å². The van der Waals surface area contributed by atoms with E-state index in [2.05, 4.69) is 4.98 Å². The van der Waals surface area contributed by atoms with E-state index < -0.39 is 27.3 Å². The highest BCUT2D eigenvalue weighted by molar-refractivity contribution is 7.90. The second kappa shape index (κ2) is 4.93. The van der Waals surface area contributed by atoms with Crippen LogP contribution in [0.2, 0.25) is 0 Å². The summed E-state index contributed by atoms with van der Waals surface area (Å²) >= 11 is 0. The van der Waals surface area contributed by atoms with Gasteiger partial charge in [-0.15, -0.1) is 0 Å². The van der Waals surface area contributed by atoms with Crippen molar-refractivity contribution >= 4 is 9.84 Å². The molecule has 2 rings (SSSR count). The van der Waals surface area contributed by atoms with E-state index in [0.29, 0.717) is 5.76 Å². The summed E-state index contributed by atoms with van der Waals surface area (Å²) < 4.78 is 66.2. The predicted molar refractivity (Wildman–Crippen MR) is 63.6 cm³/mol. The Bertz CT molecular complexity index is 702. The molecule has 1 aromatic heterocycles. The minimum Gasteiger partial charge on any atom is -0.448 e. The van der Waals surface area contributed by atoms with E-state index in [-0.39, 0.29) is 10.6 Å². The third-order valence-electron chi connectivity index (χ3n) is 2.71. The van der Waals surface area contributed by atoms with Gasteiger partial charge >= 0.3 is 6.18 Å². The van der Waals surface area contributed by atoms with Gasteiger partial charge in [-0.05, 0) is 31.2 Å². The van der Waals surface area contributed by atoms with Crippen molar-refractivity contribution in [2.24, 2.45) is 0 Å². The molecule has 0 unspecified atom stereocenters. The number of oxazole rings is 1. The van der Waals surface area contributed by atoms with Crippen LogP contribution in [0, 0.1) is 6.92 Å². The number of benzene rings is 1. The van der Waals surface area contributed by atoms with Crippen molar-refractivity contribution < 1.29 is 26.0 Å². The molecule has 0 saturated heterocycles. The van der Waals surface area contributed by atoms with E-state index >= 15 is 0 Å². The molecule has 0 N–H and O–H groups in total. The van der Waals surface area contributed by atoms with Crippen molar-refractivity contribution in [3.8, 4) is 0 Å². The highest BCUT2D eigenvalue weighted by atomic mass is 32.2. The maximum atomic E-state index is 12.4. The van der Waals surface area contributed by atoms with Gasteiger partial charge in [0.2, 0.25) is 0 Å². The first-order valence-electron chi connectivity index (χ1n) is 5.49. The highest BCUT2D eigenvalue weighted by Crippen LogP contribution is 2.30. The van der Waals surface area contributed by atoms with Gasteiger partial charge in [-0.25, -0.2) is 13.4 Å². The van der Waals surface area contributed by atoms with Crippen LogP contribution in [0.5, 0.6) is 0 Å². The third-order valence-corrected chi connectivity index (χ3v) is 4.36. The summed E-state index contributed by atoms with van der Waals surface area (Å²) in [6.45, 7) is 1.56. The molecule has 0 aliphatic carbocycles. The van der Waals surface area contributed by atoms with Crippen LogP contribution in [0.15, 0.2) is 40.0 Å². The zero-order chi connectivity index (χ0) is 15.0. The smallest absolute Gasteiger partial charge is 0.416 e. The number of hydrogen-bond acceptors (Lipinski definition) is 4. The van der Waals surface area contributed by atoms with Gasteiger partial charge in [-0.3, -0.25) is 0 Å². The predicted octanol–water partition coefficient (Wildman–Crippen LogP) is 2.98. The Morgan fingerprint density at radius 1 is 1.20 bits per heavy atom. The van der Waals surface area contributed by atoms with E-state index in [4.69, 9.17) is 4.42 Å². The summed E-state index contributed by atoms with van der Waals surface area (Å²) in [7, 11) is -3.76. The number of aromatic nitrogens is 1. The number of alkyl halides is 3. The van der Waals surface area contributed by atoms with Crippen LogP contribution >= 0.6 is 0 Å². The quantitative estimate of drug-likeness (QED) is 0.874. The van der Waals surface area contributed by atoms with Crippen LogP contribution < -0.4 is 0 Å². The first kappa shape index (κ1) is 14.6. The van der Waals surface area contributed by atoms with Crippen LogP contribution in [0.4, 0.5) is 13.2 Å². The summed E-state index contributed by atoms with van der Waals surface area (Å²) in [4.78, 5) is 3.57. The third kappa shape index (κ3) is 3.01. The molecular formula is C12H10F3NO3S. The normalized spacial score (nSPS) is 12.6. The highest BCUT2D eigenvalue weighted by Gasteiger charge is 2.30. The van der Waals surface area contributed by atoms with Gasteiger partial charge in [-0.2, -0.15) is 13.2 Å². The standard InChI is InChI=1S/C12H10F3NO3S/c1-8-11(16-7-19-8)6-20(17,18)10-4-2-9(3-5-10)12(13,14)15/h2-5,7H,6H2,1H3. The number of halogens is 3. The van der Waals surface area contributed by atoms with Crippen molar-refractivity contribution in [1.29, 1.82) is 0 Å². The Balaban J connectivity index is 2.29. The van der Waals surface area contributed by atoms with Gasteiger partial charge < -0.3 is 4.42 Å². The lowest BCUT2D eigenvalue weighted by Gasteiger charge is -2.08. The van der Waals surface area contributed by atoms with Crippen LogP contribution in [-0.2, 0) is 21.8 Å². The largest absolute Gasteiger partial charge is 0.448 e. The fraction of sp³-hybridized carbons (Fsp3) is 0.250. The van der Waals surface area contributed by atoms with Gasteiger partial charge in [0.25, 0.3) is 0 Å². The van der Waals surface area contributed by atoms with Crippen LogP contribution in [-0.4, -0.2) is 13.4 Å². The van der Waals surface area contributed by atoms with E-state index in [1.54, 1.807) is 6.92 Å². The molecule has 0 atom stereocenters. The second-order valence-electron chi connectivity index (χ2n) is 4.14. The Kier molecular flexibility index (Phi) is 3.59. The summed E-state index contributed by atoms with van der Waals surface area (Å²) in [6, 6.07) is 3.35. The monoisotopic (exact) mass is 305 g/mol. The molecule has 0 saturated carbocycles. The van der Waals surface area contributed by atoms with Gasteiger partial charge in [0.1, 0.15) is 11.5 Å². The van der Waals surface area contributed by atoms with Crippen molar-refractivity contribution in [3.63, 3.8) is 0 Å². The average molecular weight is 305 g/mol. The molecule has 0 bridgehead atoms. The molecule has 0 aliphatic rings. The molecule has 1 heterocycles. The summed E-state index contributed by atoms with van der Waals surface area (Å²) in [6.07, 6.45) is -3.38. The van der Waals surface area contributed by atoms with E-state index in [0.717, 1.165) is 30.7 Å². The Morgan fingerprint density at radius 2 is 1.80 bits per heavy atom. The van der Waals surface area contributed by atoms with Gasteiger partial charge in [-0.1, -0.05) is 0 Å². The van der Waals surface area contributed by atoms with Gasteiger partial charge in [0.05, 0.1) is 16.2 Å². The molecular weight excluding hydrogens is 295 g/mol. The number of sulfone groups is 1. The molecule has 0 amide bonds. The molecule has 20 heavy (non-hydrogen) atoms. The van der Waals surface area contributed by atoms with E-state index in [1.807, 2.05) is 0 Å². The lowest BCUT2D eigenvalue weighted by atomic mass is 10.2. The van der Waals surface area contributed by atoms with Gasteiger partial charge in [0.15, 0.2) is 16.2 Å². The minimum absolute atomic E-state index is 0.187. The fourth-order valence-electron chi connectivity index (χ4n) is 1.58. The molecule has 2 aromatic rings. The summed E-state index contributed by atoms with van der Waals surface area (Å²) in [5.41, 5.74) is -0.654. The number of hydrogen-bond donors (Lipinski definition) is 0. The second-order valence-corrected chi connectivity index (χ2v) is 6.13. The number of rotatable bonds is 3. The van der Waals surface area contributed by atoms with E-state index in [1.165, 1.54) is 0 Å². The zero-order valence-electron chi connectivity index (χ0n) is 10.3. The minimum atomic E-state index is -4.50. The van der Waals surface area contributed by atoms with Crippen molar-refractivity contribution in [1.82, 2.24) is 4.98 Å². The first-order chi connectivity index (χ1) is 9.20. The Morgan fingerprint density at radius 3 is 2.25 bits per heavy atom. The molecule has 108 valence electrons. The summed E-state index contributed by atoms with van der Waals surface area (Å²) in [5, 5.41) is 0. The summed E-state index contributed by atoms with van der Waals surface area (Å²) in [5.74, 6) is -0.0544. The molecule has 0 radical (unpaired) electrons. The average Bonchev–Trinajstić information content (AvgIpc) is 2.73. The van der Waals surface area contributed by atoms with Crippen molar-refractivity contribution in [3.05, 3.63) is 47.7 Å². The van der Waals surface area contributed by atoms with Crippen LogP contribution in [0.3, 0.4) is 0 Å². The lowest BCUT2D eigenvalue weighted by Crippen LogP contribution is -2.08. The Hall–Kier alpha value is -1.83. The molecule has 8 heteroatoms. The van der Waals surface area contributed by atoms with Gasteiger partial charge in [0, 0.05) is 0 Å². The number of nitrogens with zero attached hydrogens (tertiary/aromatic N) is 1. The maximum Gasteiger partial charge on any atom is 0.416 e. The molecule has 0 fully saturated rings. The first-order valence-corrected chi connectivity index (χ1v) is 7.14. The molecule has 0 aliphatic heterocycles. The lowest BCUT2D eigenvalue weighted by molar-refractivity contribution is -0.137. The topological polar surface area (TPSA) is 60.2 Å². The number of aryl methyl sites for hydroxylation is 1. The van der Waals surface area contributed by atoms with Crippen molar-refractivity contribution in [2.75, 3.05) is 0 Å². The molecule has 1 aromatic carbocycles. The fourth-order valence-corrected chi connectivity index (χ4v) is 2.94. The SMILES string of the molecule is Cc1ocnc1CS(=O)(=O)c1ccc(C(F)(F)F)cc1. The molecule has 0 spiro atoms. The van der Waals surface area contributed by atoms with Crippen LogP contribution in [0.25, 0.3) is 0 Å². The van der Waals surface area contributed by atoms with Crippen LogP contribution in [0.1, 0.15) is 17.0 Å². The Labute approximate surface area is 113 Å². The molecule has 4 nitrogen and oxygen atoms in total. The zero-order valence-corrected chi connectivity index (χ0v) is 11.1. The van der Waals surface area contributed by atoms with E-state index in [9.17, 15) is 21.6 Å².